The van der Waals surface area contributed by atoms with Crippen molar-refractivity contribution in [3.63, 3.8) is 0 Å². The van der Waals surface area contributed by atoms with Crippen molar-refractivity contribution in [2.24, 2.45) is 0 Å². The Hall–Kier alpha value is -2.40. The third-order valence-corrected chi connectivity index (χ3v) is 2.63. The molecule has 1 amide bonds. The minimum Gasteiger partial charge on any atom is -0.380 e. The molecule has 0 aliphatic rings. The van der Waals surface area contributed by atoms with Gasteiger partial charge in [0, 0.05) is 36.8 Å². The van der Waals surface area contributed by atoms with Crippen LogP contribution in [0.2, 0.25) is 0 Å². The smallest absolute Gasteiger partial charge is 0.261 e. The maximum Gasteiger partial charge on any atom is 0.261 e. The normalized spacial score (nSPS) is 10.2. The molecular weight excluding hydrogens is 244 g/mol. The van der Waals surface area contributed by atoms with Gasteiger partial charge in [-0.1, -0.05) is 18.2 Å². The van der Waals surface area contributed by atoms with Crippen LogP contribution >= 0.6 is 0 Å². The highest BCUT2D eigenvalue weighted by Gasteiger charge is 2.11. The van der Waals surface area contributed by atoms with Gasteiger partial charge < -0.3 is 15.0 Å². The van der Waals surface area contributed by atoms with Crippen molar-refractivity contribution in [3.8, 4) is 0 Å². The van der Waals surface area contributed by atoms with Crippen LogP contribution in [0.3, 0.4) is 0 Å². The number of carbonyl (C=O) groups excluding carboxylic acids is 1. The number of aromatic amines is 1. The van der Waals surface area contributed by atoms with Crippen LogP contribution in [-0.4, -0.2) is 18.0 Å². The second-order valence-corrected chi connectivity index (χ2v) is 3.97. The Morgan fingerprint density at radius 3 is 2.84 bits per heavy atom. The molecule has 0 saturated carbocycles. The van der Waals surface area contributed by atoms with Crippen molar-refractivity contribution in [1.29, 1.82) is 0 Å². The third-order valence-electron chi connectivity index (χ3n) is 2.63. The fraction of sp³-hybridized carbons (Fsp3) is 0.143. The third kappa shape index (κ3) is 3.08. The summed E-state index contributed by atoms with van der Waals surface area (Å²) in [5.74, 6) is -0.439. The van der Waals surface area contributed by atoms with E-state index in [1.54, 1.807) is 13.2 Å². The Morgan fingerprint density at radius 2 is 2.11 bits per heavy atom. The average molecular weight is 258 g/mol. The van der Waals surface area contributed by atoms with Gasteiger partial charge in [0.1, 0.15) is 5.56 Å². The van der Waals surface area contributed by atoms with Gasteiger partial charge in [-0.15, -0.1) is 0 Å². The van der Waals surface area contributed by atoms with Crippen molar-refractivity contribution in [2.75, 3.05) is 12.4 Å². The van der Waals surface area contributed by atoms with Gasteiger partial charge >= 0.3 is 0 Å². The Kier molecular flexibility index (Phi) is 4.10. The standard InChI is InChI=1S/C14H14N2O3/c1-19-9-10-4-2-3-5-12(10)16-14(18)11-8-15-7-6-13(11)17/h2-8H,9H2,1H3,(H,15,17)(H,16,18). The Morgan fingerprint density at radius 1 is 1.32 bits per heavy atom. The van der Waals surface area contributed by atoms with Crippen LogP contribution in [0.15, 0.2) is 47.5 Å². The molecule has 2 rings (SSSR count). The van der Waals surface area contributed by atoms with Crippen LogP contribution in [0.25, 0.3) is 0 Å². The highest BCUT2D eigenvalue weighted by atomic mass is 16.5. The monoisotopic (exact) mass is 258 g/mol. The summed E-state index contributed by atoms with van der Waals surface area (Å²) in [7, 11) is 1.58. The molecule has 0 saturated heterocycles. The summed E-state index contributed by atoms with van der Waals surface area (Å²) < 4.78 is 5.06. The molecule has 0 spiro atoms. The number of methoxy groups -OCH3 is 1. The van der Waals surface area contributed by atoms with Crippen LogP contribution in [-0.2, 0) is 11.3 Å². The SMILES string of the molecule is COCc1ccccc1NC(=O)c1c[nH]ccc1=O. The zero-order chi connectivity index (χ0) is 13.7. The van der Waals surface area contributed by atoms with Gasteiger partial charge in [0.2, 0.25) is 0 Å². The molecular formula is C14H14N2O3. The van der Waals surface area contributed by atoms with Gasteiger partial charge in [0.05, 0.1) is 6.61 Å². The molecule has 2 aromatic rings. The summed E-state index contributed by atoms with van der Waals surface area (Å²) in [5, 5.41) is 2.71. The molecule has 2 N–H and O–H groups in total. The molecule has 5 nitrogen and oxygen atoms in total. The van der Waals surface area contributed by atoms with Crippen LogP contribution in [0.1, 0.15) is 15.9 Å². The van der Waals surface area contributed by atoms with E-state index in [1.165, 1.54) is 18.5 Å². The van der Waals surface area contributed by atoms with Gasteiger partial charge in [0.15, 0.2) is 5.43 Å². The van der Waals surface area contributed by atoms with E-state index in [0.29, 0.717) is 12.3 Å². The van der Waals surface area contributed by atoms with E-state index in [9.17, 15) is 9.59 Å². The lowest BCUT2D eigenvalue weighted by Gasteiger charge is -2.09. The van der Waals surface area contributed by atoms with Crippen LogP contribution in [0.4, 0.5) is 5.69 Å². The number of amides is 1. The van der Waals surface area contributed by atoms with E-state index >= 15 is 0 Å². The first kappa shape index (κ1) is 13.0. The molecule has 0 aliphatic heterocycles. The van der Waals surface area contributed by atoms with Crippen molar-refractivity contribution < 1.29 is 9.53 Å². The molecule has 5 heteroatoms. The quantitative estimate of drug-likeness (QED) is 0.878. The number of para-hydroxylation sites is 1. The molecule has 1 aromatic heterocycles. The Bertz CT molecular complexity index is 634. The number of hydrogen-bond acceptors (Lipinski definition) is 3. The topological polar surface area (TPSA) is 71.2 Å². The van der Waals surface area contributed by atoms with Crippen molar-refractivity contribution >= 4 is 11.6 Å². The summed E-state index contributed by atoms with van der Waals surface area (Å²) in [6.07, 6.45) is 2.87. The predicted octanol–water partition coefficient (Wildman–Crippen LogP) is 1.77. The lowest BCUT2D eigenvalue weighted by Crippen LogP contribution is -2.21. The number of aromatic nitrogens is 1. The van der Waals surface area contributed by atoms with Crippen LogP contribution in [0, 0.1) is 0 Å². The Labute approximate surface area is 110 Å². The summed E-state index contributed by atoms with van der Waals surface area (Å²) in [6.45, 7) is 0.390. The van der Waals surface area contributed by atoms with Gasteiger partial charge in [-0.2, -0.15) is 0 Å². The van der Waals surface area contributed by atoms with E-state index < -0.39 is 5.91 Å². The lowest BCUT2D eigenvalue weighted by molar-refractivity contribution is 0.102. The molecule has 19 heavy (non-hydrogen) atoms. The van der Waals surface area contributed by atoms with E-state index in [-0.39, 0.29) is 11.0 Å². The number of hydrogen-bond donors (Lipinski definition) is 2. The zero-order valence-electron chi connectivity index (χ0n) is 10.5. The largest absolute Gasteiger partial charge is 0.380 e. The van der Waals surface area contributed by atoms with E-state index in [2.05, 4.69) is 10.3 Å². The number of rotatable bonds is 4. The predicted molar refractivity (Wildman–Crippen MR) is 72.2 cm³/mol. The first-order valence-electron chi connectivity index (χ1n) is 5.77. The maximum absolute atomic E-state index is 12.0. The summed E-state index contributed by atoms with van der Waals surface area (Å²) in [6, 6.07) is 8.61. The molecule has 98 valence electrons. The first-order valence-corrected chi connectivity index (χ1v) is 5.77. The first-order chi connectivity index (χ1) is 9.22. The maximum atomic E-state index is 12.0. The van der Waals surface area contributed by atoms with Crippen molar-refractivity contribution in [1.82, 2.24) is 4.98 Å². The fourth-order valence-electron chi connectivity index (χ4n) is 1.71. The van der Waals surface area contributed by atoms with Gasteiger partial charge in [0.25, 0.3) is 5.91 Å². The fourth-order valence-corrected chi connectivity index (χ4v) is 1.71. The van der Waals surface area contributed by atoms with E-state index in [1.807, 2.05) is 18.2 Å². The molecule has 1 heterocycles. The minimum absolute atomic E-state index is 0.0784. The summed E-state index contributed by atoms with van der Waals surface area (Å²) in [4.78, 5) is 26.3. The summed E-state index contributed by atoms with van der Waals surface area (Å²) >= 11 is 0. The van der Waals surface area contributed by atoms with E-state index in [0.717, 1.165) is 5.56 Å². The second kappa shape index (κ2) is 5.97. The van der Waals surface area contributed by atoms with E-state index in [4.69, 9.17) is 4.74 Å². The van der Waals surface area contributed by atoms with Gasteiger partial charge in [-0.3, -0.25) is 9.59 Å². The Balaban J connectivity index is 2.25. The minimum atomic E-state index is -0.439. The molecule has 0 atom stereocenters. The number of H-pyrrole nitrogens is 1. The lowest BCUT2D eigenvalue weighted by atomic mass is 10.1. The molecule has 0 radical (unpaired) electrons. The molecule has 1 aromatic carbocycles. The number of nitrogens with one attached hydrogen (secondary N) is 2. The average Bonchev–Trinajstić information content (AvgIpc) is 2.41. The number of pyridine rings is 1. The molecule has 0 unspecified atom stereocenters. The van der Waals surface area contributed by atoms with Gasteiger partial charge in [-0.25, -0.2) is 0 Å². The number of ether oxygens (including phenoxy) is 1. The summed E-state index contributed by atoms with van der Waals surface area (Å²) in [5.41, 5.74) is 1.25. The number of anilines is 1. The second-order valence-electron chi connectivity index (χ2n) is 3.97. The number of benzene rings is 1. The molecule has 0 fully saturated rings. The molecule has 0 bridgehead atoms. The zero-order valence-corrected chi connectivity index (χ0v) is 10.5. The molecule has 0 aliphatic carbocycles. The van der Waals surface area contributed by atoms with Gasteiger partial charge in [-0.05, 0) is 6.07 Å². The highest BCUT2D eigenvalue weighted by molar-refractivity contribution is 6.04. The number of carbonyl (C=O) groups is 1. The highest BCUT2D eigenvalue weighted by Crippen LogP contribution is 2.16. The van der Waals surface area contributed by atoms with Crippen LogP contribution < -0.4 is 10.7 Å². The van der Waals surface area contributed by atoms with Crippen LogP contribution in [0.5, 0.6) is 0 Å². The van der Waals surface area contributed by atoms with Crippen molar-refractivity contribution in [2.45, 2.75) is 6.61 Å². The van der Waals surface area contributed by atoms with Crippen molar-refractivity contribution in [3.05, 3.63) is 64.1 Å².